The zero-order chi connectivity index (χ0) is 12.5. The normalized spacial score (nSPS) is 19.6. The van der Waals surface area contributed by atoms with Crippen LogP contribution in [-0.4, -0.2) is 41.1 Å². The maximum atomic E-state index is 12.7. The van der Waals surface area contributed by atoms with Gasteiger partial charge in [-0.1, -0.05) is 6.92 Å². The van der Waals surface area contributed by atoms with Crippen LogP contribution in [0, 0.1) is 0 Å². The molecular weight excluding hydrogens is 226 g/mol. The van der Waals surface area contributed by atoms with E-state index in [0.29, 0.717) is 12.1 Å². The molecule has 1 aliphatic heterocycles. The van der Waals surface area contributed by atoms with E-state index in [1.54, 1.807) is 0 Å². The van der Waals surface area contributed by atoms with Crippen molar-refractivity contribution in [1.29, 1.82) is 0 Å². The Morgan fingerprint density at radius 1 is 1.50 bits per heavy atom. The molecule has 4 heteroatoms. The van der Waals surface area contributed by atoms with Gasteiger partial charge >= 0.3 is 0 Å². The Morgan fingerprint density at radius 2 is 2.28 bits per heavy atom. The van der Waals surface area contributed by atoms with E-state index in [4.69, 9.17) is 0 Å². The molecule has 2 aliphatic rings. The standard InChI is InChI=1S/C14H21N3O/c1-2-7-17(12-9-15-10-12)14(18)13-4-3-8-16(13)11-5-6-11/h3-4,8,11-12,15H,2,5-7,9-10H2,1H3. The third-order valence-electron chi connectivity index (χ3n) is 3.86. The number of rotatable bonds is 5. The average molecular weight is 247 g/mol. The van der Waals surface area contributed by atoms with E-state index in [-0.39, 0.29) is 5.91 Å². The maximum Gasteiger partial charge on any atom is 0.270 e. The lowest BCUT2D eigenvalue weighted by atomic mass is 10.1. The highest BCUT2D eigenvalue weighted by atomic mass is 16.2. The van der Waals surface area contributed by atoms with Crippen molar-refractivity contribution in [2.45, 2.75) is 38.3 Å². The number of nitrogens with zero attached hydrogens (tertiary/aromatic N) is 2. The fourth-order valence-corrected chi connectivity index (χ4v) is 2.58. The van der Waals surface area contributed by atoms with Gasteiger partial charge in [-0.05, 0) is 31.4 Å². The molecule has 0 spiro atoms. The van der Waals surface area contributed by atoms with Crippen molar-refractivity contribution >= 4 is 5.91 Å². The summed E-state index contributed by atoms with van der Waals surface area (Å²) < 4.78 is 2.16. The zero-order valence-corrected chi connectivity index (χ0v) is 10.9. The second-order valence-electron chi connectivity index (χ2n) is 5.34. The molecule has 0 bridgehead atoms. The Balaban J connectivity index is 1.79. The summed E-state index contributed by atoms with van der Waals surface area (Å²) in [5.74, 6) is 0.209. The van der Waals surface area contributed by atoms with E-state index >= 15 is 0 Å². The first-order valence-electron chi connectivity index (χ1n) is 6.99. The molecule has 1 aliphatic carbocycles. The van der Waals surface area contributed by atoms with Crippen LogP contribution < -0.4 is 5.32 Å². The van der Waals surface area contributed by atoms with Gasteiger partial charge < -0.3 is 14.8 Å². The smallest absolute Gasteiger partial charge is 0.270 e. The van der Waals surface area contributed by atoms with Crippen LogP contribution in [0.1, 0.15) is 42.7 Å². The summed E-state index contributed by atoms with van der Waals surface area (Å²) in [6.07, 6.45) is 5.50. The summed E-state index contributed by atoms with van der Waals surface area (Å²) in [6.45, 7) is 4.87. The summed E-state index contributed by atoms with van der Waals surface area (Å²) in [7, 11) is 0. The number of nitrogens with one attached hydrogen (secondary N) is 1. The molecule has 2 fully saturated rings. The minimum absolute atomic E-state index is 0.209. The second kappa shape index (κ2) is 4.76. The molecule has 0 radical (unpaired) electrons. The lowest BCUT2D eigenvalue weighted by Crippen LogP contribution is -2.59. The first-order chi connectivity index (χ1) is 8.81. The third kappa shape index (κ3) is 2.05. The van der Waals surface area contributed by atoms with E-state index in [0.717, 1.165) is 31.7 Å². The molecule has 0 aromatic carbocycles. The van der Waals surface area contributed by atoms with Gasteiger partial charge in [0.1, 0.15) is 5.69 Å². The van der Waals surface area contributed by atoms with Gasteiger partial charge in [0, 0.05) is 31.9 Å². The molecule has 1 N–H and O–H groups in total. The molecule has 1 saturated carbocycles. The molecule has 2 heterocycles. The molecule has 1 aromatic rings. The van der Waals surface area contributed by atoms with Crippen molar-refractivity contribution in [3.63, 3.8) is 0 Å². The second-order valence-corrected chi connectivity index (χ2v) is 5.34. The van der Waals surface area contributed by atoms with Crippen LogP contribution in [0.15, 0.2) is 18.3 Å². The first-order valence-corrected chi connectivity index (χ1v) is 6.99. The van der Waals surface area contributed by atoms with Crippen LogP contribution in [0.3, 0.4) is 0 Å². The van der Waals surface area contributed by atoms with Gasteiger partial charge in [-0.2, -0.15) is 0 Å². The topological polar surface area (TPSA) is 37.3 Å². The van der Waals surface area contributed by atoms with Gasteiger partial charge in [0.25, 0.3) is 5.91 Å². The van der Waals surface area contributed by atoms with Crippen LogP contribution in [0.5, 0.6) is 0 Å². The number of aromatic nitrogens is 1. The van der Waals surface area contributed by atoms with Gasteiger partial charge in [-0.25, -0.2) is 0 Å². The SMILES string of the molecule is CCCN(C(=O)c1cccn1C1CC1)C1CNC1. The summed E-state index contributed by atoms with van der Waals surface area (Å²) >= 11 is 0. The summed E-state index contributed by atoms with van der Waals surface area (Å²) in [5, 5.41) is 3.25. The molecule has 4 nitrogen and oxygen atoms in total. The van der Waals surface area contributed by atoms with Crippen LogP contribution in [0.2, 0.25) is 0 Å². The largest absolute Gasteiger partial charge is 0.340 e. The predicted molar refractivity (Wildman–Crippen MR) is 70.7 cm³/mol. The number of carbonyl (C=O) groups excluding carboxylic acids is 1. The molecule has 0 unspecified atom stereocenters. The van der Waals surface area contributed by atoms with E-state index in [2.05, 4.69) is 16.8 Å². The number of hydrogen-bond acceptors (Lipinski definition) is 2. The monoisotopic (exact) mass is 247 g/mol. The summed E-state index contributed by atoms with van der Waals surface area (Å²) in [5.41, 5.74) is 0.873. The van der Waals surface area contributed by atoms with Crippen molar-refractivity contribution in [2.24, 2.45) is 0 Å². The molecule has 1 aromatic heterocycles. The van der Waals surface area contributed by atoms with Gasteiger partial charge in [0.2, 0.25) is 0 Å². The van der Waals surface area contributed by atoms with E-state index in [9.17, 15) is 4.79 Å². The van der Waals surface area contributed by atoms with Gasteiger partial charge in [0.15, 0.2) is 0 Å². The summed E-state index contributed by atoms with van der Waals surface area (Å²) in [4.78, 5) is 14.7. The lowest BCUT2D eigenvalue weighted by molar-refractivity contribution is 0.0604. The van der Waals surface area contributed by atoms with Crippen LogP contribution in [-0.2, 0) is 0 Å². The Bertz CT molecular complexity index is 432. The van der Waals surface area contributed by atoms with Crippen molar-refractivity contribution in [1.82, 2.24) is 14.8 Å². The molecule has 98 valence electrons. The molecular formula is C14H21N3O. The van der Waals surface area contributed by atoms with Crippen LogP contribution >= 0.6 is 0 Å². The summed E-state index contributed by atoms with van der Waals surface area (Å²) in [6, 6.07) is 4.92. The average Bonchev–Trinajstić information content (AvgIpc) is 3.03. The van der Waals surface area contributed by atoms with Crippen molar-refractivity contribution in [2.75, 3.05) is 19.6 Å². The zero-order valence-electron chi connectivity index (χ0n) is 10.9. The van der Waals surface area contributed by atoms with Gasteiger partial charge in [-0.15, -0.1) is 0 Å². The Kier molecular flexibility index (Phi) is 3.12. The van der Waals surface area contributed by atoms with Crippen LogP contribution in [0.4, 0.5) is 0 Å². The van der Waals surface area contributed by atoms with E-state index < -0.39 is 0 Å². The van der Waals surface area contributed by atoms with Crippen molar-refractivity contribution in [3.05, 3.63) is 24.0 Å². The Morgan fingerprint density at radius 3 is 2.83 bits per heavy atom. The fraction of sp³-hybridized carbons (Fsp3) is 0.643. The highest BCUT2D eigenvalue weighted by Crippen LogP contribution is 2.36. The lowest BCUT2D eigenvalue weighted by Gasteiger charge is -2.38. The van der Waals surface area contributed by atoms with Gasteiger partial charge in [0.05, 0.1) is 6.04 Å². The highest BCUT2D eigenvalue weighted by molar-refractivity contribution is 5.93. The first kappa shape index (κ1) is 11.8. The molecule has 3 rings (SSSR count). The third-order valence-corrected chi connectivity index (χ3v) is 3.86. The Labute approximate surface area is 108 Å². The quantitative estimate of drug-likeness (QED) is 0.859. The molecule has 0 atom stereocenters. The number of hydrogen-bond donors (Lipinski definition) is 1. The molecule has 1 amide bonds. The fourth-order valence-electron chi connectivity index (χ4n) is 2.58. The van der Waals surface area contributed by atoms with Crippen LogP contribution in [0.25, 0.3) is 0 Å². The Hall–Kier alpha value is -1.29. The minimum atomic E-state index is 0.209. The predicted octanol–water partition coefficient (Wildman–Crippen LogP) is 1.65. The minimum Gasteiger partial charge on any atom is -0.340 e. The van der Waals surface area contributed by atoms with E-state index in [1.807, 2.05) is 23.2 Å². The van der Waals surface area contributed by atoms with Crippen molar-refractivity contribution in [3.8, 4) is 0 Å². The highest BCUT2D eigenvalue weighted by Gasteiger charge is 2.32. The van der Waals surface area contributed by atoms with Crippen molar-refractivity contribution < 1.29 is 4.79 Å². The number of amides is 1. The molecule has 1 saturated heterocycles. The molecule has 18 heavy (non-hydrogen) atoms. The van der Waals surface area contributed by atoms with Gasteiger partial charge in [-0.3, -0.25) is 4.79 Å². The number of carbonyl (C=O) groups is 1. The maximum absolute atomic E-state index is 12.7. The van der Waals surface area contributed by atoms with E-state index in [1.165, 1.54) is 12.8 Å².